The van der Waals surface area contributed by atoms with Gasteiger partial charge in [-0.15, -0.1) is 0 Å². The Labute approximate surface area is 280 Å². The molecule has 0 saturated heterocycles. The number of carboxylic acid groups (broad SMARTS) is 1. The van der Waals surface area contributed by atoms with E-state index in [1.165, 1.54) is 12.8 Å². The molecule has 5 fully saturated rings. The van der Waals surface area contributed by atoms with E-state index in [0.29, 0.717) is 30.8 Å². The molecule has 6 heteroatoms. The minimum Gasteiger partial charge on any atom is -0.480 e. The molecule has 0 spiro atoms. The number of unbranched alkanes of at least 4 members (excludes halogenated alkanes) is 1. The van der Waals surface area contributed by atoms with Gasteiger partial charge in [0, 0.05) is 6.61 Å². The molecule has 5 saturated carbocycles. The summed E-state index contributed by atoms with van der Waals surface area (Å²) in [5.74, 6) is 1.07. The molecule has 1 unspecified atom stereocenters. The summed E-state index contributed by atoms with van der Waals surface area (Å²) in [4.78, 5) is 26.9. The Hall–Kier alpha value is -1.40. The number of nitrogens with one attached hydrogen (secondary N) is 1. The zero-order valence-corrected chi connectivity index (χ0v) is 30.6. The molecule has 0 radical (unpaired) electrons. The molecule has 11 atom stereocenters. The number of carbonyl (C=O) groups excluding carboxylic acids is 1. The maximum atomic E-state index is 14.6. The molecule has 0 aromatic rings. The summed E-state index contributed by atoms with van der Waals surface area (Å²) in [6.07, 6.45) is 12.5. The number of hydrogen-bond acceptors (Lipinski definition) is 4. The lowest BCUT2D eigenvalue weighted by molar-refractivity contribution is -0.246. The number of carboxylic acids is 1. The first kappa shape index (κ1) is 35.9. The summed E-state index contributed by atoms with van der Waals surface area (Å²) in [5, 5.41) is 24.3. The largest absolute Gasteiger partial charge is 0.480 e. The molecule has 0 aromatic carbocycles. The van der Waals surface area contributed by atoms with Crippen molar-refractivity contribution in [3.05, 3.63) is 12.2 Å². The predicted molar refractivity (Wildman–Crippen MR) is 184 cm³/mol. The Morgan fingerprint density at radius 3 is 2.28 bits per heavy atom. The number of carbonyl (C=O) groups is 2. The van der Waals surface area contributed by atoms with E-state index in [1.54, 1.807) is 0 Å². The highest BCUT2D eigenvalue weighted by atomic mass is 16.5. The molecule has 5 aliphatic carbocycles. The second kappa shape index (κ2) is 12.8. The van der Waals surface area contributed by atoms with Crippen molar-refractivity contribution in [2.75, 3.05) is 13.2 Å². The molecule has 1 amide bonds. The highest BCUT2D eigenvalue weighted by molar-refractivity contribution is 5.88. The van der Waals surface area contributed by atoms with Crippen LogP contribution in [0.3, 0.4) is 0 Å². The molecule has 262 valence electrons. The maximum Gasteiger partial charge on any atom is 0.326 e. The maximum absolute atomic E-state index is 14.6. The quantitative estimate of drug-likeness (QED) is 0.156. The minimum atomic E-state index is -0.933. The van der Waals surface area contributed by atoms with Gasteiger partial charge in [0.15, 0.2) is 0 Å². The summed E-state index contributed by atoms with van der Waals surface area (Å²) in [5.41, 5.74) is 0.918. The van der Waals surface area contributed by atoms with Crippen molar-refractivity contribution in [1.29, 1.82) is 0 Å². The number of rotatable bonds is 11. The Morgan fingerprint density at radius 1 is 0.913 bits per heavy atom. The molecule has 6 nitrogen and oxygen atoms in total. The van der Waals surface area contributed by atoms with Gasteiger partial charge in [0.1, 0.15) is 6.04 Å². The van der Waals surface area contributed by atoms with Gasteiger partial charge >= 0.3 is 5.97 Å². The minimum absolute atomic E-state index is 0.0271. The topological polar surface area (TPSA) is 95.9 Å². The third kappa shape index (κ3) is 5.52. The van der Waals surface area contributed by atoms with Gasteiger partial charge in [-0.3, -0.25) is 4.79 Å². The molecule has 0 bridgehead atoms. The predicted octanol–water partition coefficient (Wildman–Crippen LogP) is 8.42. The molecular formula is C40H67NO5. The van der Waals surface area contributed by atoms with Crippen molar-refractivity contribution >= 4 is 11.9 Å². The van der Waals surface area contributed by atoms with Crippen LogP contribution in [-0.2, 0) is 14.3 Å². The van der Waals surface area contributed by atoms with E-state index in [-0.39, 0.29) is 51.4 Å². The fraction of sp³-hybridized carbons (Fsp3) is 0.900. The van der Waals surface area contributed by atoms with E-state index in [4.69, 9.17) is 4.74 Å². The normalized spacial score (nSPS) is 43.5. The molecule has 0 aliphatic heterocycles. The Kier molecular flexibility index (Phi) is 9.99. The number of hydrogen-bond donors (Lipinski definition) is 3. The number of aliphatic hydroxyl groups is 1. The van der Waals surface area contributed by atoms with Crippen LogP contribution < -0.4 is 5.32 Å². The number of aliphatic carboxylic acids is 1. The molecule has 0 aromatic heterocycles. The van der Waals surface area contributed by atoms with E-state index in [0.717, 1.165) is 76.4 Å². The van der Waals surface area contributed by atoms with Crippen molar-refractivity contribution in [3.63, 3.8) is 0 Å². The number of aliphatic hydroxyl groups excluding tert-OH is 1. The summed E-state index contributed by atoms with van der Waals surface area (Å²) in [7, 11) is 0. The van der Waals surface area contributed by atoms with Gasteiger partial charge in [-0.1, -0.05) is 68.4 Å². The molecule has 46 heavy (non-hydrogen) atoms. The van der Waals surface area contributed by atoms with Gasteiger partial charge < -0.3 is 20.3 Å². The van der Waals surface area contributed by atoms with Crippen LogP contribution in [0.25, 0.3) is 0 Å². The Morgan fingerprint density at radius 2 is 1.63 bits per heavy atom. The molecule has 3 N–H and O–H groups in total. The lowest BCUT2D eigenvalue weighted by Crippen LogP contribution is -2.67. The van der Waals surface area contributed by atoms with Crippen molar-refractivity contribution in [2.24, 2.45) is 62.6 Å². The summed E-state index contributed by atoms with van der Waals surface area (Å²) in [6.45, 7) is 24.5. The van der Waals surface area contributed by atoms with Crippen LogP contribution in [0.1, 0.15) is 139 Å². The van der Waals surface area contributed by atoms with Crippen molar-refractivity contribution in [1.82, 2.24) is 5.32 Å². The van der Waals surface area contributed by atoms with Crippen LogP contribution in [0, 0.1) is 62.6 Å². The second-order valence-electron chi connectivity index (χ2n) is 18.4. The second-order valence-corrected chi connectivity index (χ2v) is 18.4. The van der Waals surface area contributed by atoms with E-state index in [9.17, 15) is 19.8 Å². The SMILES string of the molecule is C=C(COCCCC)[C@@H]1CC[C@]2(C(=O)N[C@@H](CC(C)C)C(=O)O)CC[C@]3(C)[C@H](CCC4[C@@]5(C)CC[C@H](O)C(C)(C)[C@@H]5CC[C@]43C)[C@@H]12. The van der Waals surface area contributed by atoms with Crippen LogP contribution in [0.2, 0.25) is 0 Å². The molecule has 5 rings (SSSR count). The third-order valence-corrected chi connectivity index (χ3v) is 15.6. The van der Waals surface area contributed by atoms with Gasteiger partial charge in [-0.05, 0) is 140 Å². The lowest BCUT2D eigenvalue weighted by atomic mass is 9.32. The number of amides is 1. The molecular weight excluding hydrogens is 574 g/mol. The van der Waals surface area contributed by atoms with Crippen LogP contribution in [0.5, 0.6) is 0 Å². The lowest BCUT2D eigenvalue weighted by Gasteiger charge is -2.72. The fourth-order valence-electron chi connectivity index (χ4n) is 13.0. The fourth-order valence-corrected chi connectivity index (χ4v) is 13.0. The molecule has 0 heterocycles. The van der Waals surface area contributed by atoms with Crippen LogP contribution in [0.15, 0.2) is 12.2 Å². The first-order valence-electron chi connectivity index (χ1n) is 19.0. The first-order valence-corrected chi connectivity index (χ1v) is 19.0. The van der Waals surface area contributed by atoms with E-state index in [1.807, 2.05) is 13.8 Å². The third-order valence-electron chi connectivity index (χ3n) is 15.6. The van der Waals surface area contributed by atoms with Gasteiger partial charge in [-0.2, -0.15) is 0 Å². The Bertz CT molecular complexity index is 1160. The summed E-state index contributed by atoms with van der Waals surface area (Å²) in [6, 6.07) is -0.857. The van der Waals surface area contributed by atoms with Crippen LogP contribution in [-0.4, -0.2) is 47.4 Å². The van der Waals surface area contributed by atoms with Gasteiger partial charge in [0.05, 0.1) is 18.1 Å². The summed E-state index contributed by atoms with van der Waals surface area (Å²) >= 11 is 0. The van der Waals surface area contributed by atoms with E-state index >= 15 is 0 Å². The monoisotopic (exact) mass is 642 g/mol. The van der Waals surface area contributed by atoms with Crippen LogP contribution >= 0.6 is 0 Å². The average molecular weight is 642 g/mol. The zero-order chi connectivity index (χ0) is 33.9. The Balaban J connectivity index is 1.50. The van der Waals surface area contributed by atoms with Gasteiger partial charge in [-0.25, -0.2) is 4.79 Å². The molecule has 5 aliphatic rings. The standard InChI is InChI=1S/C40H67NO5/c1-10-11-22-46-24-26(4)27-14-19-40(35(45)41-29(34(43)44)23-25(2)3)21-20-38(8)28(33(27)40)12-13-31-37(7)17-16-32(42)36(5,6)30(37)15-18-39(31,38)9/h25,27-33,42H,4,10-24H2,1-3,5-9H3,(H,41,45)(H,43,44)/t27-,28+,29-,30-,31?,32-,33+,37-,38+,39+,40-/m0/s1. The van der Waals surface area contributed by atoms with Crippen molar-refractivity contribution in [3.8, 4) is 0 Å². The van der Waals surface area contributed by atoms with Crippen molar-refractivity contribution < 1.29 is 24.5 Å². The zero-order valence-electron chi connectivity index (χ0n) is 30.6. The van der Waals surface area contributed by atoms with Crippen LogP contribution in [0.4, 0.5) is 0 Å². The highest BCUT2D eigenvalue weighted by Crippen LogP contribution is 2.77. The van der Waals surface area contributed by atoms with Crippen molar-refractivity contribution in [2.45, 2.75) is 151 Å². The van der Waals surface area contributed by atoms with E-state index < -0.39 is 17.4 Å². The number of fused-ring (bicyclic) bond motifs is 7. The van der Waals surface area contributed by atoms with Gasteiger partial charge in [0.2, 0.25) is 5.91 Å². The first-order chi connectivity index (χ1) is 21.5. The smallest absolute Gasteiger partial charge is 0.326 e. The number of ether oxygens (including phenoxy) is 1. The highest BCUT2D eigenvalue weighted by Gasteiger charge is 2.72. The van der Waals surface area contributed by atoms with Gasteiger partial charge in [0.25, 0.3) is 0 Å². The van der Waals surface area contributed by atoms with E-state index in [2.05, 4.69) is 53.4 Å². The average Bonchev–Trinajstić information content (AvgIpc) is 3.38. The summed E-state index contributed by atoms with van der Waals surface area (Å²) < 4.78 is 6.13.